The summed E-state index contributed by atoms with van der Waals surface area (Å²) in [6.07, 6.45) is 1.83. The highest BCUT2D eigenvalue weighted by atomic mass is 32.1. The summed E-state index contributed by atoms with van der Waals surface area (Å²) < 4.78 is 8.18. The zero-order chi connectivity index (χ0) is 15.5. The number of hydrogen-bond acceptors (Lipinski definition) is 6. The molecule has 0 unspecified atom stereocenters. The molecule has 3 heterocycles. The first-order chi connectivity index (χ1) is 10.6. The smallest absolute Gasteiger partial charge is 0.275 e. The number of carbonyl (C=O) groups is 1. The van der Waals surface area contributed by atoms with Gasteiger partial charge in [-0.1, -0.05) is 6.07 Å². The van der Waals surface area contributed by atoms with Crippen LogP contribution in [0.4, 0.5) is 0 Å². The number of aromatic nitrogens is 3. The molecule has 1 fully saturated rings. The number of piperazine rings is 1. The van der Waals surface area contributed by atoms with E-state index in [0.29, 0.717) is 5.69 Å². The molecule has 0 saturated carbocycles. The molecule has 1 aliphatic rings. The van der Waals surface area contributed by atoms with E-state index >= 15 is 0 Å². The van der Waals surface area contributed by atoms with Crippen LogP contribution < -0.4 is 0 Å². The van der Waals surface area contributed by atoms with Crippen LogP contribution >= 0.6 is 11.7 Å². The highest BCUT2D eigenvalue weighted by Gasteiger charge is 2.25. The van der Waals surface area contributed by atoms with E-state index in [2.05, 4.69) is 31.6 Å². The molecule has 2 aromatic rings. The Morgan fingerprint density at radius 1 is 1.23 bits per heavy atom. The van der Waals surface area contributed by atoms with Gasteiger partial charge in [0.1, 0.15) is 0 Å². The molecule has 0 radical (unpaired) electrons. The number of hydrogen-bond donors (Lipinski definition) is 0. The van der Waals surface area contributed by atoms with Gasteiger partial charge in [-0.2, -0.15) is 8.75 Å². The van der Waals surface area contributed by atoms with Crippen molar-refractivity contribution in [2.45, 2.75) is 20.4 Å². The Balaban J connectivity index is 1.58. The molecule has 7 heteroatoms. The van der Waals surface area contributed by atoms with Gasteiger partial charge in [-0.25, -0.2) is 0 Å². The van der Waals surface area contributed by atoms with Crippen LogP contribution in [0, 0.1) is 13.8 Å². The lowest BCUT2D eigenvalue weighted by Crippen LogP contribution is -2.48. The molecule has 0 spiro atoms. The van der Waals surface area contributed by atoms with E-state index in [9.17, 15) is 4.79 Å². The minimum absolute atomic E-state index is 0.0000772. The Bertz CT molecular complexity index is 663. The summed E-state index contributed by atoms with van der Waals surface area (Å²) in [5, 5.41) is 0. The Morgan fingerprint density at radius 2 is 2.00 bits per heavy atom. The third-order valence-corrected chi connectivity index (χ3v) is 4.63. The Kier molecular flexibility index (Phi) is 4.44. The van der Waals surface area contributed by atoms with E-state index in [4.69, 9.17) is 0 Å². The van der Waals surface area contributed by atoms with Crippen LogP contribution in [0.25, 0.3) is 0 Å². The van der Waals surface area contributed by atoms with E-state index in [1.54, 1.807) is 0 Å². The molecule has 116 valence electrons. The predicted molar refractivity (Wildman–Crippen MR) is 84.8 cm³/mol. The van der Waals surface area contributed by atoms with Gasteiger partial charge < -0.3 is 4.90 Å². The number of aryl methyl sites for hydroxylation is 2. The van der Waals surface area contributed by atoms with Crippen LogP contribution in [0.5, 0.6) is 0 Å². The molecule has 0 N–H and O–H groups in total. The largest absolute Gasteiger partial charge is 0.335 e. The average Bonchev–Trinajstić information content (AvgIpc) is 2.96. The van der Waals surface area contributed by atoms with Gasteiger partial charge in [-0.05, 0) is 25.5 Å². The molecular weight excluding hydrogens is 298 g/mol. The minimum Gasteiger partial charge on any atom is -0.335 e. The van der Waals surface area contributed by atoms with Gasteiger partial charge in [0.05, 0.1) is 23.1 Å². The molecule has 2 aromatic heterocycles. The van der Waals surface area contributed by atoms with Gasteiger partial charge in [-0.15, -0.1) is 0 Å². The number of rotatable bonds is 3. The zero-order valence-corrected chi connectivity index (χ0v) is 13.6. The summed E-state index contributed by atoms with van der Waals surface area (Å²) in [6, 6.07) is 4.04. The summed E-state index contributed by atoms with van der Waals surface area (Å²) in [7, 11) is 0. The van der Waals surface area contributed by atoms with E-state index in [-0.39, 0.29) is 5.91 Å². The average molecular weight is 317 g/mol. The van der Waals surface area contributed by atoms with E-state index in [1.807, 2.05) is 24.1 Å². The lowest BCUT2D eigenvalue weighted by Gasteiger charge is -2.34. The molecule has 3 rings (SSSR count). The maximum absolute atomic E-state index is 12.4. The van der Waals surface area contributed by atoms with Crippen LogP contribution in [-0.2, 0) is 6.54 Å². The molecule has 0 aromatic carbocycles. The van der Waals surface area contributed by atoms with Crippen molar-refractivity contribution in [1.82, 2.24) is 23.5 Å². The van der Waals surface area contributed by atoms with Crippen LogP contribution in [0.2, 0.25) is 0 Å². The van der Waals surface area contributed by atoms with Crippen LogP contribution in [0.15, 0.2) is 18.3 Å². The topological polar surface area (TPSA) is 62.2 Å². The van der Waals surface area contributed by atoms with Crippen molar-refractivity contribution in [2.24, 2.45) is 0 Å². The molecule has 0 bridgehead atoms. The highest BCUT2D eigenvalue weighted by molar-refractivity contribution is 6.99. The number of carbonyl (C=O) groups excluding carboxylic acids is 1. The van der Waals surface area contributed by atoms with Crippen molar-refractivity contribution < 1.29 is 4.79 Å². The molecule has 6 nitrogen and oxygen atoms in total. The lowest BCUT2D eigenvalue weighted by molar-refractivity contribution is 0.0621. The monoisotopic (exact) mass is 317 g/mol. The summed E-state index contributed by atoms with van der Waals surface area (Å²) in [5.41, 5.74) is 3.55. The number of nitrogens with zero attached hydrogens (tertiary/aromatic N) is 5. The van der Waals surface area contributed by atoms with Gasteiger partial charge >= 0.3 is 0 Å². The third kappa shape index (κ3) is 3.15. The number of pyridine rings is 1. The van der Waals surface area contributed by atoms with Crippen molar-refractivity contribution >= 4 is 17.6 Å². The first kappa shape index (κ1) is 15.1. The van der Waals surface area contributed by atoms with Crippen LogP contribution in [0.1, 0.15) is 27.4 Å². The van der Waals surface area contributed by atoms with E-state index in [1.165, 1.54) is 5.56 Å². The second-order valence-electron chi connectivity index (χ2n) is 5.53. The van der Waals surface area contributed by atoms with Crippen LogP contribution in [-0.4, -0.2) is 55.6 Å². The standard InChI is InChI=1S/C15H19N5OS/c1-11-4-3-5-16-13(11)10-19-6-8-20(9-7-19)15(21)14-12(2)17-22-18-14/h3-5H,6-10H2,1-2H3. The van der Waals surface area contributed by atoms with Gasteiger partial charge in [0.15, 0.2) is 5.69 Å². The Labute approximate surface area is 134 Å². The van der Waals surface area contributed by atoms with Crippen molar-refractivity contribution in [2.75, 3.05) is 26.2 Å². The molecule has 1 amide bonds. The summed E-state index contributed by atoms with van der Waals surface area (Å²) in [6.45, 7) is 7.92. The molecule has 22 heavy (non-hydrogen) atoms. The summed E-state index contributed by atoms with van der Waals surface area (Å²) >= 11 is 1.10. The maximum Gasteiger partial charge on any atom is 0.275 e. The fourth-order valence-electron chi connectivity index (χ4n) is 2.58. The third-order valence-electron chi connectivity index (χ3n) is 4.01. The molecular formula is C15H19N5OS. The Morgan fingerprint density at radius 3 is 2.64 bits per heavy atom. The summed E-state index contributed by atoms with van der Waals surface area (Å²) in [5.74, 6) is -0.0000772. The first-order valence-corrected chi connectivity index (χ1v) is 8.09. The fraction of sp³-hybridized carbons (Fsp3) is 0.467. The SMILES string of the molecule is Cc1cccnc1CN1CCN(C(=O)c2nsnc2C)CC1. The molecule has 0 atom stereocenters. The molecule has 1 saturated heterocycles. The van der Waals surface area contributed by atoms with Gasteiger partial charge in [0.2, 0.25) is 0 Å². The predicted octanol–water partition coefficient (Wildman–Crippen LogP) is 1.51. The zero-order valence-electron chi connectivity index (χ0n) is 12.8. The normalized spacial score (nSPS) is 16.0. The second-order valence-corrected chi connectivity index (χ2v) is 6.06. The first-order valence-electron chi connectivity index (χ1n) is 7.36. The maximum atomic E-state index is 12.4. The van der Waals surface area contributed by atoms with E-state index < -0.39 is 0 Å². The summed E-state index contributed by atoms with van der Waals surface area (Å²) in [4.78, 5) is 21.0. The van der Waals surface area contributed by atoms with E-state index in [0.717, 1.165) is 55.8 Å². The van der Waals surface area contributed by atoms with Gasteiger partial charge in [-0.3, -0.25) is 14.7 Å². The van der Waals surface area contributed by atoms with Crippen LogP contribution in [0.3, 0.4) is 0 Å². The highest BCUT2D eigenvalue weighted by Crippen LogP contribution is 2.13. The second kappa shape index (κ2) is 6.50. The molecule has 0 aliphatic carbocycles. The van der Waals surface area contributed by atoms with Crippen molar-refractivity contribution in [3.8, 4) is 0 Å². The Hall–Kier alpha value is -1.86. The van der Waals surface area contributed by atoms with Crippen molar-refractivity contribution in [3.63, 3.8) is 0 Å². The molecule has 1 aliphatic heterocycles. The van der Waals surface area contributed by atoms with Gasteiger partial charge in [0, 0.05) is 38.9 Å². The minimum atomic E-state index is -0.0000772. The fourth-order valence-corrected chi connectivity index (χ4v) is 3.12. The quantitative estimate of drug-likeness (QED) is 0.858. The number of amides is 1. The van der Waals surface area contributed by atoms with Crippen molar-refractivity contribution in [3.05, 3.63) is 41.0 Å². The lowest BCUT2D eigenvalue weighted by atomic mass is 10.2. The van der Waals surface area contributed by atoms with Crippen molar-refractivity contribution in [1.29, 1.82) is 0 Å². The van der Waals surface area contributed by atoms with Gasteiger partial charge in [0.25, 0.3) is 5.91 Å².